The highest BCUT2D eigenvalue weighted by Gasteiger charge is 2.17. The number of aryl methyl sites for hydroxylation is 2. The van der Waals surface area contributed by atoms with Gasteiger partial charge in [0, 0.05) is 24.5 Å². The van der Waals surface area contributed by atoms with Crippen molar-refractivity contribution in [1.29, 1.82) is 0 Å². The number of ether oxygens (including phenoxy) is 1. The third-order valence-corrected chi connectivity index (χ3v) is 2.22. The molecule has 0 bridgehead atoms. The highest BCUT2D eigenvalue weighted by atomic mass is 16.5. The standard InChI is InChI=1S/C10H15N3O/c1-7-3-8(2)13-10(12-7)6-14-9-4-11-5-9/h3,9,11H,4-6H2,1-2H3. The van der Waals surface area contributed by atoms with Crippen LogP contribution in [0.1, 0.15) is 17.2 Å². The summed E-state index contributed by atoms with van der Waals surface area (Å²) in [5.74, 6) is 0.786. The lowest BCUT2D eigenvalue weighted by Gasteiger charge is -2.26. The van der Waals surface area contributed by atoms with Crippen molar-refractivity contribution < 1.29 is 4.74 Å². The fourth-order valence-electron chi connectivity index (χ4n) is 1.44. The molecule has 1 aromatic heterocycles. The third kappa shape index (κ3) is 2.27. The monoisotopic (exact) mass is 193 g/mol. The van der Waals surface area contributed by atoms with E-state index < -0.39 is 0 Å². The first-order chi connectivity index (χ1) is 6.74. The lowest BCUT2D eigenvalue weighted by molar-refractivity contribution is 0.00427. The van der Waals surface area contributed by atoms with Gasteiger partial charge in [-0.2, -0.15) is 0 Å². The molecule has 2 rings (SSSR count). The Morgan fingerprint density at radius 2 is 2.00 bits per heavy atom. The molecule has 0 aliphatic carbocycles. The molecule has 4 nitrogen and oxygen atoms in total. The van der Waals surface area contributed by atoms with Crippen LogP contribution in [0.15, 0.2) is 6.07 Å². The number of rotatable bonds is 3. The maximum Gasteiger partial charge on any atom is 0.154 e. The minimum absolute atomic E-state index is 0.347. The second-order valence-electron chi connectivity index (χ2n) is 3.66. The van der Waals surface area contributed by atoms with Crippen LogP contribution in [-0.2, 0) is 11.3 Å². The van der Waals surface area contributed by atoms with Gasteiger partial charge in [0.1, 0.15) is 6.61 Å². The predicted molar refractivity (Wildman–Crippen MR) is 53.0 cm³/mol. The molecule has 0 atom stereocenters. The maximum absolute atomic E-state index is 5.59. The number of hydrogen-bond donors (Lipinski definition) is 1. The molecule has 0 aromatic carbocycles. The number of nitrogens with zero attached hydrogens (tertiary/aromatic N) is 2. The van der Waals surface area contributed by atoms with Crippen molar-refractivity contribution in [2.45, 2.75) is 26.6 Å². The van der Waals surface area contributed by atoms with Crippen LogP contribution in [0, 0.1) is 13.8 Å². The quantitative estimate of drug-likeness (QED) is 0.763. The lowest BCUT2D eigenvalue weighted by Crippen LogP contribution is -2.48. The van der Waals surface area contributed by atoms with E-state index >= 15 is 0 Å². The van der Waals surface area contributed by atoms with Gasteiger partial charge in [-0.25, -0.2) is 9.97 Å². The summed E-state index contributed by atoms with van der Waals surface area (Å²) in [6.07, 6.45) is 0.347. The Morgan fingerprint density at radius 3 is 2.50 bits per heavy atom. The Bertz CT molecular complexity index is 303. The zero-order valence-electron chi connectivity index (χ0n) is 8.58. The largest absolute Gasteiger partial charge is 0.368 e. The van der Waals surface area contributed by atoms with Gasteiger partial charge in [0.2, 0.25) is 0 Å². The van der Waals surface area contributed by atoms with Crippen molar-refractivity contribution in [3.05, 3.63) is 23.3 Å². The number of aromatic nitrogens is 2. The van der Waals surface area contributed by atoms with E-state index in [2.05, 4.69) is 15.3 Å². The van der Waals surface area contributed by atoms with Crippen molar-refractivity contribution in [2.75, 3.05) is 13.1 Å². The van der Waals surface area contributed by atoms with Gasteiger partial charge < -0.3 is 10.1 Å². The summed E-state index contributed by atoms with van der Waals surface area (Å²) in [6, 6.07) is 1.97. The smallest absolute Gasteiger partial charge is 0.154 e. The Hall–Kier alpha value is -1.00. The molecule has 1 saturated heterocycles. The van der Waals surface area contributed by atoms with Crippen LogP contribution in [0.25, 0.3) is 0 Å². The number of hydrogen-bond acceptors (Lipinski definition) is 4. The van der Waals surface area contributed by atoms with E-state index in [0.717, 1.165) is 30.3 Å². The zero-order chi connectivity index (χ0) is 9.97. The van der Waals surface area contributed by atoms with Crippen molar-refractivity contribution in [2.24, 2.45) is 0 Å². The minimum atomic E-state index is 0.347. The third-order valence-electron chi connectivity index (χ3n) is 2.22. The van der Waals surface area contributed by atoms with Crippen LogP contribution in [0.5, 0.6) is 0 Å². The summed E-state index contributed by atoms with van der Waals surface area (Å²) in [5, 5.41) is 3.15. The molecule has 76 valence electrons. The second-order valence-corrected chi connectivity index (χ2v) is 3.66. The average molecular weight is 193 g/mol. The highest BCUT2D eigenvalue weighted by Crippen LogP contribution is 2.04. The van der Waals surface area contributed by atoms with E-state index in [-0.39, 0.29) is 0 Å². The van der Waals surface area contributed by atoms with E-state index in [1.807, 2.05) is 19.9 Å². The Morgan fingerprint density at radius 1 is 1.36 bits per heavy atom. The van der Waals surface area contributed by atoms with Gasteiger partial charge in [-0.05, 0) is 19.9 Å². The summed E-state index contributed by atoms with van der Waals surface area (Å²) < 4.78 is 5.59. The molecule has 0 amide bonds. The van der Waals surface area contributed by atoms with Crippen LogP contribution in [0.4, 0.5) is 0 Å². The Labute approximate surface area is 83.7 Å². The predicted octanol–water partition coefficient (Wildman–Crippen LogP) is 0.582. The van der Waals surface area contributed by atoms with Crippen LogP contribution in [0.2, 0.25) is 0 Å². The molecule has 0 saturated carbocycles. The molecule has 1 N–H and O–H groups in total. The second kappa shape index (κ2) is 4.02. The van der Waals surface area contributed by atoms with Crippen LogP contribution in [-0.4, -0.2) is 29.2 Å². The first-order valence-electron chi connectivity index (χ1n) is 4.87. The van der Waals surface area contributed by atoms with Crippen molar-refractivity contribution in [3.8, 4) is 0 Å². The fourth-order valence-corrected chi connectivity index (χ4v) is 1.44. The lowest BCUT2D eigenvalue weighted by atomic mass is 10.2. The van der Waals surface area contributed by atoms with Gasteiger partial charge in [0.15, 0.2) is 5.82 Å². The van der Waals surface area contributed by atoms with E-state index in [9.17, 15) is 0 Å². The highest BCUT2D eigenvalue weighted by molar-refractivity contribution is 5.07. The Kier molecular flexibility index (Phi) is 2.74. The normalized spacial score (nSPS) is 16.7. The Balaban J connectivity index is 1.94. The fraction of sp³-hybridized carbons (Fsp3) is 0.600. The molecular formula is C10H15N3O. The summed E-state index contributed by atoms with van der Waals surface area (Å²) >= 11 is 0. The van der Waals surface area contributed by atoms with Crippen molar-refractivity contribution >= 4 is 0 Å². The zero-order valence-corrected chi connectivity index (χ0v) is 8.58. The van der Waals surface area contributed by atoms with Crippen molar-refractivity contribution in [3.63, 3.8) is 0 Å². The SMILES string of the molecule is Cc1cc(C)nc(COC2CNC2)n1. The van der Waals surface area contributed by atoms with Gasteiger partial charge in [-0.1, -0.05) is 0 Å². The molecular weight excluding hydrogens is 178 g/mol. The van der Waals surface area contributed by atoms with Crippen LogP contribution >= 0.6 is 0 Å². The molecule has 1 fully saturated rings. The van der Waals surface area contributed by atoms with E-state index in [1.165, 1.54) is 0 Å². The van der Waals surface area contributed by atoms with E-state index in [0.29, 0.717) is 12.7 Å². The van der Waals surface area contributed by atoms with E-state index in [4.69, 9.17) is 4.74 Å². The molecule has 2 heterocycles. The van der Waals surface area contributed by atoms with Crippen LogP contribution in [0.3, 0.4) is 0 Å². The molecule has 0 spiro atoms. The molecule has 1 aliphatic heterocycles. The summed E-state index contributed by atoms with van der Waals surface area (Å²) in [6.45, 7) is 6.37. The molecule has 0 unspecified atom stereocenters. The van der Waals surface area contributed by atoms with Gasteiger partial charge in [-0.15, -0.1) is 0 Å². The van der Waals surface area contributed by atoms with Gasteiger partial charge in [0.25, 0.3) is 0 Å². The minimum Gasteiger partial charge on any atom is -0.368 e. The first kappa shape index (κ1) is 9.55. The topological polar surface area (TPSA) is 47.0 Å². The molecule has 1 aliphatic rings. The first-order valence-corrected chi connectivity index (χ1v) is 4.87. The van der Waals surface area contributed by atoms with Crippen molar-refractivity contribution in [1.82, 2.24) is 15.3 Å². The van der Waals surface area contributed by atoms with E-state index in [1.54, 1.807) is 0 Å². The molecule has 0 radical (unpaired) electrons. The van der Waals surface area contributed by atoms with Gasteiger partial charge in [-0.3, -0.25) is 0 Å². The molecule has 4 heteroatoms. The van der Waals surface area contributed by atoms with Gasteiger partial charge in [0.05, 0.1) is 6.10 Å². The summed E-state index contributed by atoms with van der Waals surface area (Å²) in [5.41, 5.74) is 2.01. The summed E-state index contributed by atoms with van der Waals surface area (Å²) in [4.78, 5) is 8.62. The average Bonchev–Trinajstić information content (AvgIpc) is 1.99. The van der Waals surface area contributed by atoms with Crippen LogP contribution < -0.4 is 5.32 Å². The summed E-state index contributed by atoms with van der Waals surface area (Å²) in [7, 11) is 0. The number of nitrogens with one attached hydrogen (secondary N) is 1. The maximum atomic E-state index is 5.59. The molecule has 1 aromatic rings. The van der Waals surface area contributed by atoms with Gasteiger partial charge >= 0.3 is 0 Å². The molecule has 14 heavy (non-hydrogen) atoms.